The van der Waals surface area contributed by atoms with Crippen LogP contribution in [-0.2, 0) is 31.9 Å². The molecular formula is C35H53N5O6. The van der Waals surface area contributed by atoms with Crippen molar-refractivity contribution in [3.05, 3.63) is 54.1 Å². The normalized spacial score (nSPS) is 18.4. The summed E-state index contributed by atoms with van der Waals surface area (Å²) in [7, 11) is 1.58. The number of hydrogen-bond acceptors (Lipinski definition) is 7. The first-order chi connectivity index (χ1) is 22.2. The largest absolute Gasteiger partial charge is 0.436 e. The number of imidazole rings is 1. The number of hydrogen-bond donors (Lipinski definition) is 3. The second kappa shape index (κ2) is 18.0. The standard InChI is InChI=1S/C35H53N5O6/c1-25(2)14-15-31(41)29(20-26-10-6-4-7-11-26)38-33(42)30(22-28-23-36-24-37-28)39(3)34(43)32(21-27-12-8-5-9-13-27)46-35(44)40-16-18-45-19-17-40/h5,8-9,12-13,23-26,29-32,41H,4,6-7,10-11,14-22H2,1-3H3,(H,36,37)(H,38,42)/t29?,30-,31?,32?/m0/s1. The molecule has 1 aromatic carbocycles. The Hall–Kier alpha value is -3.44. The van der Waals surface area contributed by atoms with Gasteiger partial charge < -0.3 is 34.7 Å². The van der Waals surface area contributed by atoms with Crippen LogP contribution in [0.15, 0.2) is 42.9 Å². The molecule has 0 spiro atoms. The number of aromatic amines is 1. The van der Waals surface area contributed by atoms with Gasteiger partial charge in [0.15, 0.2) is 6.10 Å². The summed E-state index contributed by atoms with van der Waals surface area (Å²) in [4.78, 5) is 51.6. The van der Waals surface area contributed by atoms with Gasteiger partial charge in [-0.05, 0) is 36.7 Å². The lowest BCUT2D eigenvalue weighted by Crippen LogP contribution is -2.56. The van der Waals surface area contributed by atoms with Gasteiger partial charge in [-0.15, -0.1) is 0 Å². The van der Waals surface area contributed by atoms with Crippen LogP contribution in [0.2, 0.25) is 0 Å². The molecule has 254 valence electrons. The number of aliphatic hydroxyl groups is 1. The van der Waals surface area contributed by atoms with E-state index in [9.17, 15) is 19.5 Å². The molecule has 11 nitrogen and oxygen atoms in total. The van der Waals surface area contributed by atoms with Crippen LogP contribution in [0.25, 0.3) is 0 Å². The summed E-state index contributed by atoms with van der Waals surface area (Å²) in [5.74, 6) is 0.0365. The van der Waals surface area contributed by atoms with Gasteiger partial charge in [-0.25, -0.2) is 9.78 Å². The SMILES string of the molecule is CC(C)CCC(O)C(CC1CCCCC1)NC(=O)[C@H](Cc1cnc[nH]1)N(C)C(=O)C(Cc1ccccc1)OC(=O)N1CCOCC1. The molecule has 1 saturated heterocycles. The number of amides is 3. The predicted molar refractivity (Wildman–Crippen MR) is 175 cm³/mol. The van der Waals surface area contributed by atoms with E-state index in [-0.39, 0.29) is 18.7 Å². The fraction of sp³-hybridized carbons (Fsp3) is 0.657. The number of aromatic nitrogens is 2. The van der Waals surface area contributed by atoms with Crippen LogP contribution in [0.4, 0.5) is 4.79 Å². The monoisotopic (exact) mass is 639 g/mol. The van der Waals surface area contributed by atoms with Gasteiger partial charge in [-0.1, -0.05) is 76.3 Å². The molecule has 4 rings (SSSR count). The molecule has 2 heterocycles. The second-order valence-corrected chi connectivity index (χ2v) is 13.3. The number of rotatable bonds is 15. The fourth-order valence-corrected chi connectivity index (χ4v) is 6.42. The summed E-state index contributed by atoms with van der Waals surface area (Å²) in [5.41, 5.74) is 1.52. The molecule has 3 N–H and O–H groups in total. The van der Waals surface area contributed by atoms with Crippen LogP contribution in [0.3, 0.4) is 0 Å². The molecule has 2 fully saturated rings. The number of ether oxygens (including phenoxy) is 2. The third-order valence-electron chi connectivity index (χ3n) is 9.28. The van der Waals surface area contributed by atoms with Gasteiger partial charge in [-0.2, -0.15) is 0 Å². The number of aliphatic hydroxyl groups excluding tert-OH is 1. The van der Waals surface area contributed by atoms with E-state index in [0.717, 1.165) is 24.8 Å². The molecule has 0 radical (unpaired) electrons. The average Bonchev–Trinajstić information content (AvgIpc) is 3.59. The van der Waals surface area contributed by atoms with Crippen LogP contribution >= 0.6 is 0 Å². The Morgan fingerprint density at radius 3 is 2.46 bits per heavy atom. The van der Waals surface area contributed by atoms with Crippen molar-refractivity contribution in [2.24, 2.45) is 11.8 Å². The maximum atomic E-state index is 14.2. The topological polar surface area (TPSA) is 137 Å². The van der Waals surface area contributed by atoms with Crippen LogP contribution in [-0.4, -0.2) is 100 Å². The summed E-state index contributed by atoms with van der Waals surface area (Å²) >= 11 is 0. The lowest BCUT2D eigenvalue weighted by molar-refractivity contribution is -0.146. The van der Waals surface area contributed by atoms with Crippen LogP contribution < -0.4 is 5.32 Å². The van der Waals surface area contributed by atoms with Gasteiger partial charge in [0.25, 0.3) is 5.91 Å². The highest BCUT2D eigenvalue weighted by atomic mass is 16.6. The zero-order valence-electron chi connectivity index (χ0n) is 27.7. The van der Waals surface area contributed by atoms with E-state index in [1.54, 1.807) is 13.2 Å². The number of carbonyl (C=O) groups excluding carboxylic acids is 3. The van der Waals surface area contributed by atoms with Gasteiger partial charge in [0.05, 0.1) is 31.7 Å². The van der Waals surface area contributed by atoms with Gasteiger partial charge >= 0.3 is 6.09 Å². The zero-order valence-corrected chi connectivity index (χ0v) is 27.7. The van der Waals surface area contributed by atoms with Gasteiger partial charge in [0.2, 0.25) is 5.91 Å². The Bertz CT molecular complexity index is 1200. The first-order valence-corrected chi connectivity index (χ1v) is 17.0. The molecule has 3 amide bonds. The highest BCUT2D eigenvalue weighted by molar-refractivity contribution is 5.90. The van der Waals surface area contributed by atoms with Crippen molar-refractivity contribution in [2.45, 2.75) is 102 Å². The van der Waals surface area contributed by atoms with Crippen molar-refractivity contribution in [3.63, 3.8) is 0 Å². The molecule has 2 aromatic rings. The van der Waals surface area contributed by atoms with E-state index >= 15 is 0 Å². The quantitative estimate of drug-likeness (QED) is 0.267. The van der Waals surface area contributed by atoms with E-state index in [0.29, 0.717) is 56.7 Å². The summed E-state index contributed by atoms with van der Waals surface area (Å²) in [5, 5.41) is 14.5. The first kappa shape index (κ1) is 35.4. The number of nitrogens with zero attached hydrogens (tertiary/aromatic N) is 3. The molecule has 2 aliphatic rings. The molecule has 11 heteroatoms. The van der Waals surface area contributed by atoms with Crippen LogP contribution in [0, 0.1) is 11.8 Å². The minimum atomic E-state index is -1.14. The average molecular weight is 640 g/mol. The van der Waals surface area contributed by atoms with Gasteiger partial charge in [-0.3, -0.25) is 9.59 Å². The van der Waals surface area contributed by atoms with Crippen LogP contribution in [0.5, 0.6) is 0 Å². The summed E-state index contributed by atoms with van der Waals surface area (Å²) < 4.78 is 11.2. The second-order valence-electron chi connectivity index (χ2n) is 13.3. The number of carbonyl (C=O) groups is 3. The molecule has 0 bridgehead atoms. The van der Waals surface area contributed by atoms with Crippen molar-refractivity contribution < 1.29 is 29.0 Å². The van der Waals surface area contributed by atoms with E-state index in [1.807, 2.05) is 30.3 Å². The van der Waals surface area contributed by atoms with E-state index < -0.39 is 36.3 Å². The Morgan fingerprint density at radius 1 is 1.09 bits per heavy atom. The molecular weight excluding hydrogens is 586 g/mol. The highest BCUT2D eigenvalue weighted by Gasteiger charge is 2.37. The molecule has 1 aromatic heterocycles. The fourth-order valence-electron chi connectivity index (χ4n) is 6.42. The predicted octanol–water partition coefficient (Wildman–Crippen LogP) is 4.11. The summed E-state index contributed by atoms with van der Waals surface area (Å²) in [6.45, 7) is 5.83. The number of morpholine rings is 1. The maximum Gasteiger partial charge on any atom is 0.410 e. The number of H-pyrrole nitrogens is 1. The number of likely N-dealkylation sites (N-methyl/N-ethyl adjacent to an activating group) is 1. The Balaban J connectivity index is 1.55. The van der Waals surface area contributed by atoms with E-state index in [4.69, 9.17) is 9.47 Å². The molecule has 1 aliphatic heterocycles. The molecule has 3 unspecified atom stereocenters. The van der Waals surface area contributed by atoms with Crippen molar-refractivity contribution in [1.29, 1.82) is 0 Å². The van der Waals surface area contributed by atoms with E-state index in [2.05, 4.69) is 29.1 Å². The Labute approximate surface area is 273 Å². The lowest BCUT2D eigenvalue weighted by Gasteiger charge is -2.35. The number of nitrogens with one attached hydrogen (secondary N) is 2. The third-order valence-corrected chi connectivity index (χ3v) is 9.28. The number of benzene rings is 1. The molecule has 1 saturated carbocycles. The summed E-state index contributed by atoms with van der Waals surface area (Å²) in [6, 6.07) is 8.03. The molecule has 4 atom stereocenters. The van der Waals surface area contributed by atoms with Crippen LogP contribution in [0.1, 0.15) is 76.5 Å². The van der Waals surface area contributed by atoms with Gasteiger partial charge in [0, 0.05) is 44.9 Å². The third kappa shape index (κ3) is 10.8. The minimum Gasteiger partial charge on any atom is -0.436 e. The van der Waals surface area contributed by atoms with Gasteiger partial charge in [0.1, 0.15) is 6.04 Å². The van der Waals surface area contributed by atoms with Crippen molar-refractivity contribution >= 4 is 17.9 Å². The van der Waals surface area contributed by atoms with E-state index in [1.165, 1.54) is 35.4 Å². The minimum absolute atomic E-state index is 0.163. The lowest BCUT2D eigenvalue weighted by atomic mass is 9.83. The highest BCUT2D eigenvalue weighted by Crippen LogP contribution is 2.29. The molecule has 46 heavy (non-hydrogen) atoms. The Morgan fingerprint density at radius 2 is 1.80 bits per heavy atom. The zero-order chi connectivity index (χ0) is 32.9. The van der Waals surface area contributed by atoms with Crippen molar-refractivity contribution in [2.75, 3.05) is 33.4 Å². The smallest absolute Gasteiger partial charge is 0.410 e. The van der Waals surface area contributed by atoms with Crippen molar-refractivity contribution in [3.8, 4) is 0 Å². The molecule has 1 aliphatic carbocycles. The maximum absolute atomic E-state index is 14.2. The Kier molecular flexibility index (Phi) is 13.9. The van der Waals surface area contributed by atoms with Crippen molar-refractivity contribution in [1.82, 2.24) is 25.1 Å². The first-order valence-electron chi connectivity index (χ1n) is 17.0. The summed E-state index contributed by atoms with van der Waals surface area (Å²) in [6.07, 6.45) is 8.98.